The second kappa shape index (κ2) is 8.46. The molecular weight excluding hydrogens is 385 g/mol. The quantitative estimate of drug-likeness (QED) is 0.812. The van der Waals surface area contributed by atoms with E-state index in [1.165, 1.54) is 6.07 Å². The number of likely N-dealkylation sites (tertiary alicyclic amines) is 1. The van der Waals surface area contributed by atoms with Crippen molar-refractivity contribution in [1.29, 1.82) is 0 Å². The van der Waals surface area contributed by atoms with E-state index in [4.69, 9.17) is 4.74 Å². The largest absolute Gasteiger partial charge is 0.390 e. The number of aryl methyl sites for hydroxylation is 1. The van der Waals surface area contributed by atoms with Crippen molar-refractivity contribution in [1.82, 2.24) is 4.90 Å². The first-order valence-corrected chi connectivity index (χ1v) is 10.5. The summed E-state index contributed by atoms with van der Waals surface area (Å²) < 4.78 is 19.8. The molecule has 2 aromatic carbocycles. The molecule has 5 nitrogen and oxygen atoms in total. The van der Waals surface area contributed by atoms with E-state index in [0.29, 0.717) is 56.5 Å². The first-order chi connectivity index (χ1) is 14.4. The highest BCUT2D eigenvalue weighted by atomic mass is 19.1. The molecule has 0 bridgehead atoms. The number of aliphatic hydroxyl groups excluding tert-OH is 2. The highest BCUT2D eigenvalue weighted by Crippen LogP contribution is 2.36. The highest BCUT2D eigenvalue weighted by molar-refractivity contribution is 5.96. The Balaban J connectivity index is 1.49. The lowest BCUT2D eigenvalue weighted by Gasteiger charge is -2.48. The maximum Gasteiger partial charge on any atom is 0.254 e. The van der Waals surface area contributed by atoms with Crippen molar-refractivity contribution in [3.8, 4) is 0 Å². The van der Waals surface area contributed by atoms with Gasteiger partial charge in [0, 0.05) is 18.7 Å². The van der Waals surface area contributed by atoms with Crippen LogP contribution in [-0.2, 0) is 11.2 Å². The van der Waals surface area contributed by atoms with E-state index < -0.39 is 17.8 Å². The van der Waals surface area contributed by atoms with E-state index in [9.17, 15) is 19.4 Å². The summed E-state index contributed by atoms with van der Waals surface area (Å²) in [5, 5.41) is 20.5. The summed E-state index contributed by atoms with van der Waals surface area (Å²) in [5.41, 5.74) is 2.12. The Kier molecular flexibility index (Phi) is 5.91. The molecule has 0 unspecified atom stereocenters. The number of aliphatic hydroxyl groups is 2. The molecule has 2 aromatic rings. The van der Waals surface area contributed by atoms with Gasteiger partial charge in [0.1, 0.15) is 11.9 Å². The van der Waals surface area contributed by atoms with Crippen molar-refractivity contribution < 1.29 is 24.1 Å². The summed E-state index contributed by atoms with van der Waals surface area (Å²) in [6.45, 7) is 3.06. The van der Waals surface area contributed by atoms with Crippen LogP contribution in [0.1, 0.15) is 46.3 Å². The topological polar surface area (TPSA) is 70.0 Å². The van der Waals surface area contributed by atoms with Gasteiger partial charge >= 0.3 is 0 Å². The van der Waals surface area contributed by atoms with E-state index in [2.05, 4.69) is 0 Å². The van der Waals surface area contributed by atoms with Crippen LogP contribution in [0.15, 0.2) is 42.5 Å². The first-order valence-electron chi connectivity index (χ1n) is 10.5. The molecule has 2 heterocycles. The number of amides is 1. The van der Waals surface area contributed by atoms with Gasteiger partial charge in [0.05, 0.1) is 18.3 Å². The van der Waals surface area contributed by atoms with Gasteiger partial charge in [-0.25, -0.2) is 4.39 Å². The van der Waals surface area contributed by atoms with Crippen LogP contribution in [0.25, 0.3) is 0 Å². The number of benzene rings is 2. The van der Waals surface area contributed by atoms with Gasteiger partial charge in [-0.3, -0.25) is 4.79 Å². The number of rotatable bonds is 3. The fourth-order valence-electron chi connectivity index (χ4n) is 4.52. The minimum absolute atomic E-state index is 0.0705. The molecule has 2 N–H and O–H groups in total. The van der Waals surface area contributed by atoms with Crippen LogP contribution in [-0.4, -0.2) is 58.5 Å². The van der Waals surface area contributed by atoms with Gasteiger partial charge in [0.25, 0.3) is 5.91 Å². The average molecular weight is 413 g/mol. The predicted octanol–water partition coefficient (Wildman–Crippen LogP) is 2.84. The molecule has 2 aliphatic heterocycles. The molecule has 30 heavy (non-hydrogen) atoms. The monoisotopic (exact) mass is 413 g/mol. The van der Waals surface area contributed by atoms with Crippen molar-refractivity contribution in [2.75, 3.05) is 19.7 Å². The van der Waals surface area contributed by atoms with Crippen LogP contribution in [0.5, 0.6) is 0 Å². The lowest BCUT2D eigenvalue weighted by molar-refractivity contribution is -0.212. The van der Waals surface area contributed by atoms with Crippen molar-refractivity contribution >= 4 is 5.91 Å². The standard InChI is InChI=1S/C24H28FNO4/c1-16-6-7-17(15-20(16)25)14-18-4-2-3-5-19(18)23(29)26-11-9-24(10-12-26)22(28)21(27)8-13-30-24/h2-7,15,21-22,27-28H,8-14H2,1H3/t21-,22-/m0/s1. The van der Waals surface area contributed by atoms with Crippen LogP contribution < -0.4 is 0 Å². The van der Waals surface area contributed by atoms with Crippen molar-refractivity contribution in [2.45, 2.75) is 50.4 Å². The zero-order valence-electron chi connectivity index (χ0n) is 17.2. The van der Waals surface area contributed by atoms with Gasteiger partial charge in [-0.2, -0.15) is 0 Å². The summed E-state index contributed by atoms with van der Waals surface area (Å²) in [6, 6.07) is 12.6. The average Bonchev–Trinajstić information content (AvgIpc) is 2.75. The van der Waals surface area contributed by atoms with Crippen molar-refractivity contribution in [3.63, 3.8) is 0 Å². The number of hydrogen-bond acceptors (Lipinski definition) is 4. The minimum Gasteiger partial charge on any atom is -0.390 e. The van der Waals surface area contributed by atoms with Gasteiger partial charge in [0.2, 0.25) is 0 Å². The van der Waals surface area contributed by atoms with E-state index in [-0.39, 0.29) is 11.7 Å². The van der Waals surface area contributed by atoms with Crippen molar-refractivity contribution in [2.24, 2.45) is 0 Å². The highest BCUT2D eigenvalue weighted by Gasteiger charge is 2.48. The van der Waals surface area contributed by atoms with Gasteiger partial charge in [0.15, 0.2) is 0 Å². The molecule has 0 aromatic heterocycles. The molecular formula is C24H28FNO4. The number of carbonyl (C=O) groups excluding carboxylic acids is 1. The van der Waals surface area contributed by atoms with Crippen LogP contribution in [0, 0.1) is 12.7 Å². The molecule has 2 saturated heterocycles. The lowest BCUT2D eigenvalue weighted by atomic mass is 9.80. The molecule has 2 fully saturated rings. The Morgan fingerprint density at radius 1 is 1.20 bits per heavy atom. The zero-order chi connectivity index (χ0) is 21.3. The summed E-state index contributed by atoms with van der Waals surface area (Å²) in [6.07, 6.45) is 0.178. The van der Waals surface area contributed by atoms with Crippen LogP contribution in [0.4, 0.5) is 4.39 Å². The van der Waals surface area contributed by atoms with E-state index >= 15 is 0 Å². The third kappa shape index (κ3) is 4.00. The number of carbonyl (C=O) groups is 1. The molecule has 4 rings (SSSR count). The first kappa shape index (κ1) is 21.0. The molecule has 160 valence electrons. The number of hydrogen-bond donors (Lipinski definition) is 2. The zero-order valence-corrected chi connectivity index (χ0v) is 17.2. The smallest absolute Gasteiger partial charge is 0.254 e. The Hall–Kier alpha value is -2.28. The van der Waals surface area contributed by atoms with Gasteiger partial charge in [-0.1, -0.05) is 30.3 Å². The van der Waals surface area contributed by atoms with Gasteiger partial charge in [-0.05, 0) is 61.4 Å². The predicted molar refractivity (Wildman–Crippen MR) is 111 cm³/mol. The number of nitrogens with zero attached hydrogens (tertiary/aromatic N) is 1. The third-order valence-electron chi connectivity index (χ3n) is 6.48. The second-order valence-electron chi connectivity index (χ2n) is 8.42. The summed E-state index contributed by atoms with van der Waals surface area (Å²) in [4.78, 5) is 15.0. The van der Waals surface area contributed by atoms with Gasteiger partial charge in [-0.15, -0.1) is 0 Å². The Morgan fingerprint density at radius 2 is 1.93 bits per heavy atom. The molecule has 0 aliphatic carbocycles. The summed E-state index contributed by atoms with van der Waals surface area (Å²) in [7, 11) is 0. The number of ether oxygens (including phenoxy) is 1. The minimum atomic E-state index is -0.924. The Morgan fingerprint density at radius 3 is 2.67 bits per heavy atom. The lowest BCUT2D eigenvalue weighted by Crippen LogP contribution is -2.60. The normalized spacial score (nSPS) is 23.5. The molecule has 0 saturated carbocycles. The summed E-state index contributed by atoms with van der Waals surface area (Å²) in [5.74, 6) is -0.315. The van der Waals surface area contributed by atoms with Crippen LogP contribution >= 0.6 is 0 Å². The van der Waals surface area contributed by atoms with Gasteiger partial charge < -0.3 is 19.8 Å². The second-order valence-corrected chi connectivity index (χ2v) is 8.42. The maximum absolute atomic E-state index is 13.9. The van der Waals surface area contributed by atoms with Crippen molar-refractivity contribution in [3.05, 3.63) is 70.5 Å². The molecule has 1 amide bonds. The Labute approximate surface area is 176 Å². The molecule has 2 atom stereocenters. The molecule has 6 heteroatoms. The fraction of sp³-hybridized carbons (Fsp3) is 0.458. The third-order valence-corrected chi connectivity index (χ3v) is 6.48. The fourth-order valence-corrected chi connectivity index (χ4v) is 4.52. The maximum atomic E-state index is 13.9. The SMILES string of the molecule is Cc1ccc(Cc2ccccc2C(=O)N2CCC3(CC2)OCC[C@H](O)[C@@H]3O)cc1F. The van der Waals surface area contributed by atoms with E-state index in [0.717, 1.165) is 11.1 Å². The summed E-state index contributed by atoms with van der Waals surface area (Å²) >= 11 is 0. The molecule has 1 spiro atoms. The number of piperidine rings is 1. The van der Waals surface area contributed by atoms with Crippen LogP contribution in [0.2, 0.25) is 0 Å². The van der Waals surface area contributed by atoms with E-state index in [1.54, 1.807) is 17.9 Å². The van der Waals surface area contributed by atoms with Crippen LogP contribution in [0.3, 0.4) is 0 Å². The molecule has 2 aliphatic rings. The van der Waals surface area contributed by atoms with E-state index in [1.807, 2.05) is 30.3 Å². The molecule has 0 radical (unpaired) electrons. The Bertz CT molecular complexity index is 923. The number of halogens is 1.